The van der Waals surface area contributed by atoms with Crippen molar-refractivity contribution in [1.29, 1.82) is 0 Å². The molecule has 0 aromatic heterocycles. The number of hydrogen-bond donors (Lipinski definition) is 0. The second-order valence-electron chi connectivity index (χ2n) is 4.45. The fraction of sp³-hybridized carbons (Fsp3) is 0.500. The van der Waals surface area contributed by atoms with E-state index >= 15 is 0 Å². The van der Waals surface area contributed by atoms with Crippen molar-refractivity contribution >= 4 is 29.3 Å². The van der Waals surface area contributed by atoms with Crippen LogP contribution in [-0.2, 0) is 11.2 Å². The Balaban J connectivity index is 2.12. The van der Waals surface area contributed by atoms with Gasteiger partial charge < -0.3 is 0 Å². The van der Waals surface area contributed by atoms with Crippen molar-refractivity contribution in [2.45, 2.75) is 30.3 Å². The molecule has 0 spiro atoms. The Morgan fingerprint density at radius 2 is 1.89 bits per heavy atom. The third-order valence-corrected chi connectivity index (χ3v) is 6.48. The lowest BCUT2D eigenvalue weighted by Gasteiger charge is -2.28. The van der Waals surface area contributed by atoms with Gasteiger partial charge in [0.15, 0.2) is 5.78 Å². The molecule has 0 N–H and O–H groups in total. The van der Waals surface area contributed by atoms with Gasteiger partial charge in [-0.05, 0) is 18.6 Å². The Kier molecular flexibility index (Phi) is 5.28. The number of ketones is 1. The van der Waals surface area contributed by atoms with Crippen LogP contribution in [0.25, 0.3) is 0 Å². The second-order valence-corrected chi connectivity index (χ2v) is 7.05. The van der Waals surface area contributed by atoms with Gasteiger partial charge in [0.05, 0.1) is 5.25 Å². The highest BCUT2D eigenvalue weighted by molar-refractivity contribution is 8.07. The first-order valence-electron chi connectivity index (χ1n) is 6.32. The van der Waals surface area contributed by atoms with Crippen LogP contribution in [0.5, 0.6) is 0 Å². The molecule has 2 atom stereocenters. The average Bonchev–Trinajstić information content (AvgIpc) is 2.42. The first-order valence-corrected chi connectivity index (χ1v) is 8.42. The molecule has 2 rings (SSSR count). The summed E-state index contributed by atoms with van der Waals surface area (Å²) in [7, 11) is 0. The minimum absolute atomic E-state index is 0.0620. The van der Waals surface area contributed by atoms with E-state index in [2.05, 4.69) is 0 Å². The highest BCUT2D eigenvalue weighted by Gasteiger charge is 2.31. The normalized spacial score (nSPS) is 23.3. The fourth-order valence-electron chi connectivity index (χ4n) is 2.18. The molecule has 1 nitrogen and oxygen atoms in total. The molecule has 1 aliphatic rings. The van der Waals surface area contributed by atoms with E-state index in [9.17, 15) is 13.6 Å². The van der Waals surface area contributed by atoms with E-state index in [0.717, 1.165) is 17.9 Å². The Morgan fingerprint density at radius 1 is 1.26 bits per heavy atom. The summed E-state index contributed by atoms with van der Waals surface area (Å²) in [5.74, 6) is 0.649. The van der Waals surface area contributed by atoms with Crippen molar-refractivity contribution in [3.05, 3.63) is 35.4 Å². The molecule has 1 aromatic rings. The summed E-state index contributed by atoms with van der Waals surface area (Å²) in [6.45, 7) is 2.05. The molecular weight excluding hydrogens is 286 g/mol. The molecule has 0 bridgehead atoms. The third-order valence-electron chi connectivity index (χ3n) is 3.18. The molecule has 2 unspecified atom stereocenters. The first kappa shape index (κ1) is 14.9. The number of Topliss-reactive ketones (excluding diaryl/α,β-unsaturated/α-hetero) is 1. The fourth-order valence-corrected chi connectivity index (χ4v) is 5.21. The number of benzene rings is 1. The molecule has 0 saturated carbocycles. The summed E-state index contributed by atoms with van der Waals surface area (Å²) in [5, 5.41) is 0.129. The van der Waals surface area contributed by atoms with E-state index in [-0.39, 0.29) is 28.3 Å². The predicted octanol–water partition coefficient (Wildman–Crippen LogP) is 3.70. The van der Waals surface area contributed by atoms with Crippen molar-refractivity contribution < 1.29 is 13.6 Å². The predicted molar refractivity (Wildman–Crippen MR) is 77.9 cm³/mol. The maximum absolute atomic E-state index is 13.6. The smallest absolute Gasteiger partial charge is 0.151 e. The minimum atomic E-state index is -0.630. The van der Waals surface area contributed by atoms with Crippen molar-refractivity contribution in [2.24, 2.45) is 0 Å². The van der Waals surface area contributed by atoms with Gasteiger partial charge in [0.25, 0.3) is 0 Å². The molecular formula is C14H16F2OS2. The average molecular weight is 302 g/mol. The van der Waals surface area contributed by atoms with E-state index in [4.69, 9.17) is 0 Å². The molecule has 104 valence electrons. The second kappa shape index (κ2) is 6.75. The number of hydrogen-bond acceptors (Lipinski definition) is 3. The Hall–Kier alpha value is -0.550. The molecule has 1 saturated heterocycles. The summed E-state index contributed by atoms with van der Waals surface area (Å²) in [4.78, 5) is 12.3. The summed E-state index contributed by atoms with van der Waals surface area (Å²) in [5.41, 5.74) is -0.0986. The van der Waals surface area contributed by atoms with Crippen LogP contribution in [0.1, 0.15) is 18.9 Å². The van der Waals surface area contributed by atoms with Crippen molar-refractivity contribution in [2.75, 3.05) is 11.5 Å². The zero-order chi connectivity index (χ0) is 13.8. The van der Waals surface area contributed by atoms with Crippen molar-refractivity contribution in [3.8, 4) is 0 Å². The summed E-state index contributed by atoms with van der Waals surface area (Å²) < 4.78 is 27.1. The molecule has 1 heterocycles. The molecule has 1 aromatic carbocycles. The van der Waals surface area contributed by atoms with Gasteiger partial charge in [-0.3, -0.25) is 4.79 Å². The lowest BCUT2D eigenvalue weighted by atomic mass is 10.0. The maximum atomic E-state index is 13.6. The number of carbonyl (C=O) groups is 1. The minimum Gasteiger partial charge on any atom is -0.298 e. The Bertz CT molecular complexity index is 445. The summed E-state index contributed by atoms with van der Waals surface area (Å²) in [6.07, 6.45) is 0.765. The van der Waals surface area contributed by atoms with E-state index in [0.29, 0.717) is 0 Å². The van der Waals surface area contributed by atoms with Gasteiger partial charge in [-0.1, -0.05) is 13.0 Å². The zero-order valence-electron chi connectivity index (χ0n) is 10.7. The maximum Gasteiger partial charge on any atom is 0.151 e. The monoisotopic (exact) mass is 302 g/mol. The van der Waals surface area contributed by atoms with E-state index < -0.39 is 11.6 Å². The first-order chi connectivity index (χ1) is 9.13. The van der Waals surface area contributed by atoms with E-state index in [1.165, 1.54) is 18.2 Å². The third kappa shape index (κ3) is 3.51. The van der Waals surface area contributed by atoms with Gasteiger partial charge in [-0.25, -0.2) is 8.78 Å². The van der Waals surface area contributed by atoms with Gasteiger partial charge in [0.1, 0.15) is 11.6 Å². The van der Waals surface area contributed by atoms with Gasteiger partial charge in [0, 0.05) is 28.7 Å². The lowest BCUT2D eigenvalue weighted by Crippen LogP contribution is -2.34. The largest absolute Gasteiger partial charge is 0.298 e. The number of carbonyl (C=O) groups excluding carboxylic acids is 1. The van der Waals surface area contributed by atoms with Crippen LogP contribution >= 0.6 is 23.5 Å². The van der Waals surface area contributed by atoms with Crippen LogP contribution in [0.3, 0.4) is 0 Å². The van der Waals surface area contributed by atoms with Gasteiger partial charge >= 0.3 is 0 Å². The van der Waals surface area contributed by atoms with E-state index in [1.807, 2.05) is 6.92 Å². The van der Waals surface area contributed by atoms with Crippen LogP contribution in [0.2, 0.25) is 0 Å². The molecule has 0 amide bonds. The standard InChI is InChI=1S/C14H16F2OS2/c1-2-13-14(19-7-6-18-13)12(17)8-9-10(15)4-3-5-11(9)16/h3-5,13-14H,2,6-8H2,1H3. The Labute approximate surface area is 120 Å². The Morgan fingerprint density at radius 3 is 2.53 bits per heavy atom. The zero-order valence-corrected chi connectivity index (χ0v) is 12.3. The SMILES string of the molecule is CCC1SCCSC1C(=O)Cc1c(F)cccc1F. The van der Waals surface area contributed by atoms with Crippen molar-refractivity contribution in [3.63, 3.8) is 0 Å². The molecule has 1 fully saturated rings. The van der Waals surface area contributed by atoms with Crippen molar-refractivity contribution in [1.82, 2.24) is 0 Å². The number of halogens is 2. The van der Waals surface area contributed by atoms with Gasteiger partial charge in [-0.2, -0.15) is 11.8 Å². The number of rotatable bonds is 4. The molecule has 0 radical (unpaired) electrons. The van der Waals surface area contributed by atoms with Crippen LogP contribution in [0, 0.1) is 11.6 Å². The lowest BCUT2D eigenvalue weighted by molar-refractivity contribution is -0.118. The quantitative estimate of drug-likeness (QED) is 0.844. The van der Waals surface area contributed by atoms with Gasteiger partial charge in [-0.15, -0.1) is 11.8 Å². The summed E-state index contributed by atoms with van der Waals surface area (Å²) >= 11 is 3.41. The van der Waals surface area contributed by atoms with Crippen LogP contribution in [0.15, 0.2) is 18.2 Å². The van der Waals surface area contributed by atoms with Gasteiger partial charge in [0.2, 0.25) is 0 Å². The molecule has 1 aliphatic heterocycles. The van der Waals surface area contributed by atoms with Crippen LogP contribution in [-0.4, -0.2) is 27.8 Å². The molecule has 0 aliphatic carbocycles. The number of thioether (sulfide) groups is 2. The molecule has 5 heteroatoms. The highest BCUT2D eigenvalue weighted by atomic mass is 32.2. The van der Waals surface area contributed by atoms with E-state index in [1.54, 1.807) is 23.5 Å². The highest BCUT2D eigenvalue weighted by Crippen LogP contribution is 2.34. The van der Waals surface area contributed by atoms with Crippen LogP contribution < -0.4 is 0 Å². The van der Waals surface area contributed by atoms with Crippen LogP contribution in [0.4, 0.5) is 8.78 Å². The summed E-state index contributed by atoms with van der Waals surface area (Å²) in [6, 6.07) is 3.72. The topological polar surface area (TPSA) is 17.1 Å². The molecule has 19 heavy (non-hydrogen) atoms.